The number of hydrogen-bond acceptors (Lipinski definition) is 3. The normalized spacial score (nSPS) is 12.8. The smallest absolute Gasteiger partial charge is 0.139 e. The number of hydrogen-bond donors (Lipinski definition) is 1. The molecule has 96 valence electrons. The van der Waals surface area contributed by atoms with Gasteiger partial charge in [0.05, 0.1) is 15.9 Å². The summed E-state index contributed by atoms with van der Waals surface area (Å²) in [6.45, 7) is 4.57. The molecule has 1 aromatic rings. The average molecular weight is 302 g/mol. The maximum absolute atomic E-state index is 11.9. The summed E-state index contributed by atoms with van der Waals surface area (Å²) in [5.74, 6) is 0.529. The third-order valence-corrected chi connectivity index (χ3v) is 4.08. The van der Waals surface area contributed by atoms with E-state index in [4.69, 9.17) is 5.73 Å². The molecular weight excluding hydrogens is 282 g/mol. The minimum atomic E-state index is 0.228. The van der Waals surface area contributed by atoms with Gasteiger partial charge in [0.1, 0.15) is 5.78 Å². The van der Waals surface area contributed by atoms with Gasteiger partial charge in [-0.05, 0) is 35.3 Å². The van der Waals surface area contributed by atoms with Crippen LogP contribution in [0.3, 0.4) is 0 Å². The highest BCUT2D eigenvalue weighted by molar-refractivity contribution is 9.10. The molecule has 0 spiro atoms. The molecule has 1 aromatic heterocycles. The Bertz CT molecular complexity index is 397. The number of aromatic nitrogens is 2. The Labute approximate surface area is 111 Å². The van der Waals surface area contributed by atoms with Crippen LogP contribution < -0.4 is 5.73 Å². The fourth-order valence-corrected chi connectivity index (χ4v) is 2.32. The lowest BCUT2D eigenvalue weighted by Crippen LogP contribution is -2.19. The van der Waals surface area contributed by atoms with Crippen molar-refractivity contribution in [3.05, 3.63) is 15.9 Å². The Morgan fingerprint density at radius 2 is 2.24 bits per heavy atom. The zero-order valence-corrected chi connectivity index (χ0v) is 12.2. The van der Waals surface area contributed by atoms with Crippen LogP contribution in [-0.2, 0) is 18.3 Å². The van der Waals surface area contributed by atoms with Gasteiger partial charge >= 0.3 is 0 Å². The molecule has 4 nitrogen and oxygen atoms in total. The summed E-state index contributed by atoms with van der Waals surface area (Å²) in [7, 11) is 1.86. The molecule has 0 aliphatic rings. The molecule has 0 saturated heterocycles. The van der Waals surface area contributed by atoms with E-state index >= 15 is 0 Å². The van der Waals surface area contributed by atoms with E-state index in [9.17, 15) is 4.79 Å². The van der Waals surface area contributed by atoms with Crippen LogP contribution in [0.2, 0.25) is 0 Å². The van der Waals surface area contributed by atoms with Crippen molar-refractivity contribution in [2.24, 2.45) is 18.7 Å². The summed E-state index contributed by atoms with van der Waals surface area (Å²) < 4.78 is 2.70. The van der Waals surface area contributed by atoms with Crippen molar-refractivity contribution in [1.29, 1.82) is 0 Å². The first-order chi connectivity index (χ1) is 7.99. The Balaban J connectivity index is 2.68. The molecule has 1 heterocycles. The minimum Gasteiger partial charge on any atom is -0.330 e. The number of halogens is 1. The summed E-state index contributed by atoms with van der Waals surface area (Å²) >= 11 is 3.47. The molecule has 0 saturated carbocycles. The Morgan fingerprint density at radius 1 is 1.59 bits per heavy atom. The first-order valence-corrected chi connectivity index (χ1v) is 6.68. The molecule has 1 atom stereocenters. The molecule has 0 radical (unpaired) electrons. The largest absolute Gasteiger partial charge is 0.330 e. The zero-order valence-electron chi connectivity index (χ0n) is 10.7. The molecule has 5 heteroatoms. The van der Waals surface area contributed by atoms with Crippen LogP contribution >= 0.6 is 15.9 Å². The van der Waals surface area contributed by atoms with Crippen LogP contribution in [0.15, 0.2) is 4.47 Å². The van der Waals surface area contributed by atoms with E-state index < -0.39 is 0 Å². The van der Waals surface area contributed by atoms with Gasteiger partial charge in [0.15, 0.2) is 0 Å². The highest BCUT2D eigenvalue weighted by atomic mass is 79.9. The molecule has 1 rings (SSSR count). The molecule has 0 aromatic carbocycles. The van der Waals surface area contributed by atoms with Crippen LogP contribution in [0.4, 0.5) is 0 Å². The Kier molecular flexibility index (Phi) is 5.33. The van der Waals surface area contributed by atoms with E-state index in [0.717, 1.165) is 22.3 Å². The molecule has 2 N–H and O–H groups in total. The van der Waals surface area contributed by atoms with Gasteiger partial charge in [0.25, 0.3) is 0 Å². The van der Waals surface area contributed by atoms with Crippen molar-refractivity contribution in [3.8, 4) is 0 Å². The van der Waals surface area contributed by atoms with Gasteiger partial charge in [-0.25, -0.2) is 0 Å². The molecule has 0 amide bonds. The van der Waals surface area contributed by atoms with Gasteiger partial charge < -0.3 is 5.73 Å². The molecule has 1 unspecified atom stereocenters. The summed E-state index contributed by atoms with van der Waals surface area (Å²) in [6, 6.07) is 0. The summed E-state index contributed by atoms with van der Waals surface area (Å²) in [5, 5.41) is 4.28. The number of Topliss-reactive ketones (excluding diaryl/α,β-unsaturated/α-hetero) is 1. The van der Waals surface area contributed by atoms with E-state index in [1.54, 1.807) is 4.68 Å². The van der Waals surface area contributed by atoms with Gasteiger partial charge in [0, 0.05) is 19.9 Å². The summed E-state index contributed by atoms with van der Waals surface area (Å²) in [6.07, 6.45) is 1.94. The quantitative estimate of drug-likeness (QED) is 0.874. The number of rotatable bonds is 6. The van der Waals surface area contributed by atoms with E-state index in [1.165, 1.54) is 0 Å². The highest BCUT2D eigenvalue weighted by Crippen LogP contribution is 2.21. The van der Waals surface area contributed by atoms with E-state index in [2.05, 4.69) is 28.0 Å². The monoisotopic (exact) mass is 301 g/mol. The Morgan fingerprint density at radius 3 is 2.65 bits per heavy atom. The third kappa shape index (κ3) is 3.64. The zero-order chi connectivity index (χ0) is 13.0. The van der Waals surface area contributed by atoms with Gasteiger partial charge in [-0.15, -0.1) is 0 Å². The number of nitrogens with two attached hydrogens (primary N) is 1. The Hall–Kier alpha value is -0.680. The third-order valence-electron chi connectivity index (χ3n) is 3.05. The van der Waals surface area contributed by atoms with Crippen LogP contribution in [0.25, 0.3) is 0 Å². The van der Waals surface area contributed by atoms with Crippen molar-refractivity contribution >= 4 is 21.7 Å². The van der Waals surface area contributed by atoms with Crippen LogP contribution in [-0.4, -0.2) is 22.1 Å². The topological polar surface area (TPSA) is 60.9 Å². The van der Waals surface area contributed by atoms with Gasteiger partial charge in [-0.2, -0.15) is 5.10 Å². The van der Waals surface area contributed by atoms with Gasteiger partial charge in [-0.1, -0.05) is 13.3 Å². The molecular formula is C12H20BrN3O. The first-order valence-electron chi connectivity index (χ1n) is 5.89. The van der Waals surface area contributed by atoms with E-state index in [0.29, 0.717) is 25.3 Å². The van der Waals surface area contributed by atoms with Crippen LogP contribution in [0.1, 0.15) is 31.2 Å². The van der Waals surface area contributed by atoms with Crippen molar-refractivity contribution in [1.82, 2.24) is 9.78 Å². The fraction of sp³-hybridized carbons (Fsp3) is 0.667. The molecule has 0 bridgehead atoms. The predicted molar refractivity (Wildman–Crippen MR) is 71.8 cm³/mol. The van der Waals surface area contributed by atoms with E-state index in [-0.39, 0.29) is 5.78 Å². The SMILES string of the molecule is CCC(CN)CC(=O)Cc1c(Br)c(C)nn1C. The van der Waals surface area contributed by atoms with Crippen molar-refractivity contribution in [2.75, 3.05) is 6.54 Å². The second kappa shape index (κ2) is 6.31. The van der Waals surface area contributed by atoms with Crippen molar-refractivity contribution < 1.29 is 4.79 Å². The molecule has 0 aliphatic carbocycles. The lowest BCUT2D eigenvalue weighted by molar-refractivity contribution is -0.119. The number of carbonyl (C=O) groups excluding carboxylic acids is 1. The van der Waals surface area contributed by atoms with Crippen LogP contribution in [0.5, 0.6) is 0 Å². The second-order valence-electron chi connectivity index (χ2n) is 4.40. The number of carbonyl (C=O) groups is 1. The molecule has 0 fully saturated rings. The van der Waals surface area contributed by atoms with Crippen molar-refractivity contribution in [3.63, 3.8) is 0 Å². The molecule has 0 aliphatic heterocycles. The van der Waals surface area contributed by atoms with Crippen molar-refractivity contribution in [2.45, 2.75) is 33.1 Å². The minimum absolute atomic E-state index is 0.228. The average Bonchev–Trinajstić information content (AvgIpc) is 2.53. The number of ketones is 1. The maximum Gasteiger partial charge on any atom is 0.139 e. The van der Waals surface area contributed by atoms with E-state index in [1.807, 2.05) is 14.0 Å². The highest BCUT2D eigenvalue weighted by Gasteiger charge is 2.16. The second-order valence-corrected chi connectivity index (χ2v) is 5.19. The van der Waals surface area contributed by atoms with Crippen LogP contribution in [0, 0.1) is 12.8 Å². The maximum atomic E-state index is 11.9. The molecule has 17 heavy (non-hydrogen) atoms. The lowest BCUT2D eigenvalue weighted by Gasteiger charge is -2.10. The summed E-state index contributed by atoms with van der Waals surface area (Å²) in [5.41, 5.74) is 7.47. The predicted octanol–water partition coefficient (Wildman–Crippen LogP) is 1.98. The van der Waals surface area contributed by atoms with Gasteiger partial charge in [-0.3, -0.25) is 9.48 Å². The van der Waals surface area contributed by atoms with Gasteiger partial charge in [0.2, 0.25) is 0 Å². The summed E-state index contributed by atoms with van der Waals surface area (Å²) in [4.78, 5) is 11.9. The number of nitrogens with zero attached hydrogens (tertiary/aromatic N) is 2. The fourth-order valence-electron chi connectivity index (χ4n) is 1.85. The number of aryl methyl sites for hydroxylation is 2. The lowest BCUT2D eigenvalue weighted by atomic mass is 9.98. The standard InChI is InChI=1S/C12H20BrN3O/c1-4-9(7-14)5-10(17)6-11-12(13)8(2)15-16(11)3/h9H,4-7,14H2,1-3H3. The first kappa shape index (κ1) is 14.4.